The van der Waals surface area contributed by atoms with E-state index in [4.69, 9.17) is 0 Å². The zero-order chi connectivity index (χ0) is 21.0. The van der Waals surface area contributed by atoms with Gasteiger partial charge in [-0.05, 0) is 24.0 Å². The molecule has 1 saturated heterocycles. The van der Waals surface area contributed by atoms with Crippen LogP contribution in [0.4, 0.5) is 4.79 Å². The lowest BCUT2D eigenvalue weighted by atomic mass is 9.82. The molecule has 1 saturated carbocycles. The Kier molecular flexibility index (Phi) is 5.84. The highest BCUT2D eigenvalue weighted by Gasteiger charge is 2.51. The van der Waals surface area contributed by atoms with Gasteiger partial charge >= 0.3 is 6.03 Å². The summed E-state index contributed by atoms with van der Waals surface area (Å²) in [5.74, 6) is -0.487. The summed E-state index contributed by atoms with van der Waals surface area (Å²) in [5, 5.41) is 2.88. The minimum atomic E-state index is -0.806. The number of amides is 4. The lowest BCUT2D eigenvalue weighted by Crippen LogP contribution is -2.49. The highest BCUT2D eigenvalue weighted by atomic mass is 16.2. The molecule has 0 radical (unpaired) electrons. The largest absolute Gasteiger partial charge is 0.332 e. The Morgan fingerprint density at radius 3 is 1.93 bits per heavy atom. The molecule has 0 unspecified atom stereocenters. The van der Waals surface area contributed by atoms with Crippen molar-refractivity contribution in [2.24, 2.45) is 0 Å². The van der Waals surface area contributed by atoms with Crippen LogP contribution < -0.4 is 5.32 Å². The first-order valence-electron chi connectivity index (χ1n) is 10.6. The monoisotopic (exact) mass is 405 g/mol. The molecule has 2 fully saturated rings. The molecule has 6 heteroatoms. The molecule has 1 heterocycles. The smallest absolute Gasteiger partial charge is 0.325 e. The lowest BCUT2D eigenvalue weighted by Gasteiger charge is -2.30. The van der Waals surface area contributed by atoms with Crippen molar-refractivity contribution in [1.82, 2.24) is 15.1 Å². The van der Waals surface area contributed by atoms with Gasteiger partial charge in [0.1, 0.15) is 12.1 Å². The molecule has 1 aliphatic heterocycles. The first-order chi connectivity index (χ1) is 14.6. The summed E-state index contributed by atoms with van der Waals surface area (Å²) in [6.45, 7) is 0.610. The fraction of sp³-hybridized carbons (Fsp3) is 0.375. The SMILES string of the molecule is O=C(CN1C(=O)NC2(CCCCC2)C1=O)N(Cc1ccccc1)Cc1ccccc1. The number of imide groups is 1. The molecule has 1 spiro atoms. The van der Waals surface area contributed by atoms with Gasteiger partial charge in [0.25, 0.3) is 5.91 Å². The van der Waals surface area contributed by atoms with Crippen molar-refractivity contribution in [3.63, 3.8) is 0 Å². The Hall–Kier alpha value is -3.15. The highest BCUT2D eigenvalue weighted by Crippen LogP contribution is 2.33. The molecule has 6 nitrogen and oxygen atoms in total. The maximum Gasteiger partial charge on any atom is 0.325 e. The van der Waals surface area contributed by atoms with Crippen LogP contribution >= 0.6 is 0 Å². The number of carbonyl (C=O) groups is 3. The molecule has 0 atom stereocenters. The number of rotatable bonds is 6. The van der Waals surface area contributed by atoms with Crippen molar-refractivity contribution in [1.29, 1.82) is 0 Å². The molecule has 2 aromatic rings. The van der Waals surface area contributed by atoms with Crippen LogP contribution in [0, 0.1) is 0 Å². The third kappa shape index (κ3) is 4.22. The maximum absolute atomic E-state index is 13.2. The number of nitrogens with one attached hydrogen (secondary N) is 1. The van der Waals surface area contributed by atoms with Crippen LogP contribution in [0.2, 0.25) is 0 Å². The van der Waals surface area contributed by atoms with Crippen molar-refractivity contribution < 1.29 is 14.4 Å². The number of hydrogen-bond acceptors (Lipinski definition) is 3. The molecule has 0 aromatic heterocycles. The predicted octanol–water partition coefficient (Wildman–Crippen LogP) is 3.47. The van der Waals surface area contributed by atoms with E-state index in [9.17, 15) is 14.4 Å². The summed E-state index contributed by atoms with van der Waals surface area (Å²) in [7, 11) is 0. The Bertz CT molecular complexity index is 866. The van der Waals surface area contributed by atoms with Crippen molar-refractivity contribution in [3.8, 4) is 0 Å². The van der Waals surface area contributed by atoms with Crippen LogP contribution in [0.1, 0.15) is 43.2 Å². The van der Waals surface area contributed by atoms with E-state index in [2.05, 4.69) is 5.32 Å². The highest BCUT2D eigenvalue weighted by molar-refractivity contribution is 6.09. The molecule has 1 aliphatic carbocycles. The third-order valence-electron chi connectivity index (χ3n) is 6.03. The number of carbonyl (C=O) groups excluding carboxylic acids is 3. The molecular weight excluding hydrogens is 378 g/mol. The second-order valence-corrected chi connectivity index (χ2v) is 8.19. The third-order valence-corrected chi connectivity index (χ3v) is 6.03. The van der Waals surface area contributed by atoms with Crippen molar-refractivity contribution in [2.75, 3.05) is 6.54 Å². The molecule has 30 heavy (non-hydrogen) atoms. The number of urea groups is 1. The van der Waals surface area contributed by atoms with Gasteiger partial charge in [0.15, 0.2) is 0 Å². The minimum Gasteiger partial charge on any atom is -0.332 e. The summed E-state index contributed by atoms with van der Waals surface area (Å²) in [6.07, 6.45) is 4.22. The van der Waals surface area contributed by atoms with Gasteiger partial charge in [-0.2, -0.15) is 0 Å². The van der Waals surface area contributed by atoms with Gasteiger partial charge in [-0.15, -0.1) is 0 Å². The average molecular weight is 405 g/mol. The van der Waals surface area contributed by atoms with Crippen molar-refractivity contribution >= 4 is 17.8 Å². The Balaban J connectivity index is 1.51. The first-order valence-corrected chi connectivity index (χ1v) is 10.6. The van der Waals surface area contributed by atoms with Crippen LogP contribution in [0.25, 0.3) is 0 Å². The predicted molar refractivity (Wildman–Crippen MR) is 113 cm³/mol. The summed E-state index contributed by atoms with van der Waals surface area (Å²) in [6, 6.07) is 19.0. The maximum atomic E-state index is 13.2. The second kappa shape index (κ2) is 8.69. The molecular formula is C24H27N3O3. The second-order valence-electron chi connectivity index (χ2n) is 8.19. The average Bonchev–Trinajstić information content (AvgIpc) is 2.99. The van der Waals surface area contributed by atoms with E-state index in [1.165, 1.54) is 0 Å². The first kappa shape index (κ1) is 20.1. The van der Waals surface area contributed by atoms with Crippen molar-refractivity contribution in [3.05, 3.63) is 71.8 Å². The van der Waals surface area contributed by atoms with Gasteiger partial charge in [-0.25, -0.2) is 4.79 Å². The Morgan fingerprint density at radius 1 is 0.867 bits per heavy atom. The van der Waals surface area contributed by atoms with Gasteiger partial charge in [0, 0.05) is 13.1 Å². The van der Waals surface area contributed by atoms with Crippen LogP contribution in [0.5, 0.6) is 0 Å². The fourth-order valence-corrected chi connectivity index (χ4v) is 4.39. The Morgan fingerprint density at radius 2 is 1.40 bits per heavy atom. The number of nitrogens with zero attached hydrogens (tertiary/aromatic N) is 2. The molecule has 2 aromatic carbocycles. The van der Waals surface area contributed by atoms with Crippen LogP contribution in [0.15, 0.2) is 60.7 Å². The molecule has 156 valence electrons. The van der Waals surface area contributed by atoms with E-state index in [0.29, 0.717) is 25.9 Å². The molecule has 4 rings (SSSR count). The van der Waals surface area contributed by atoms with E-state index in [1.807, 2.05) is 60.7 Å². The van der Waals surface area contributed by atoms with Crippen LogP contribution in [-0.4, -0.2) is 39.7 Å². The summed E-state index contributed by atoms with van der Waals surface area (Å²) in [4.78, 5) is 41.6. The zero-order valence-electron chi connectivity index (χ0n) is 17.0. The van der Waals surface area contributed by atoms with Gasteiger partial charge < -0.3 is 10.2 Å². The molecule has 2 aliphatic rings. The number of benzene rings is 2. The van der Waals surface area contributed by atoms with E-state index in [-0.39, 0.29) is 18.4 Å². The molecule has 1 N–H and O–H groups in total. The summed E-state index contributed by atoms with van der Waals surface area (Å²) >= 11 is 0. The molecule has 4 amide bonds. The van der Waals surface area contributed by atoms with Crippen molar-refractivity contribution in [2.45, 2.75) is 50.7 Å². The molecule has 0 bridgehead atoms. The van der Waals surface area contributed by atoms with Gasteiger partial charge in [-0.1, -0.05) is 79.9 Å². The summed E-state index contributed by atoms with van der Waals surface area (Å²) in [5.41, 5.74) is 1.20. The van der Waals surface area contributed by atoms with E-state index in [0.717, 1.165) is 35.3 Å². The quantitative estimate of drug-likeness (QED) is 0.748. The van der Waals surface area contributed by atoms with Gasteiger partial charge in [-0.3, -0.25) is 14.5 Å². The lowest BCUT2D eigenvalue weighted by molar-refractivity contribution is -0.140. The van der Waals surface area contributed by atoms with Crippen LogP contribution in [0.3, 0.4) is 0 Å². The van der Waals surface area contributed by atoms with E-state index >= 15 is 0 Å². The summed E-state index contributed by atoms with van der Waals surface area (Å²) < 4.78 is 0. The Labute approximate surface area is 176 Å². The number of hydrogen-bond donors (Lipinski definition) is 1. The zero-order valence-corrected chi connectivity index (χ0v) is 17.0. The van der Waals surface area contributed by atoms with E-state index in [1.54, 1.807) is 4.90 Å². The fourth-order valence-electron chi connectivity index (χ4n) is 4.39. The van der Waals surface area contributed by atoms with E-state index < -0.39 is 11.6 Å². The van der Waals surface area contributed by atoms with Gasteiger partial charge in [0.05, 0.1) is 0 Å². The standard InChI is InChI=1S/C24H27N3O3/c28-21(18-27-22(29)24(25-23(27)30)14-8-3-9-15-24)26(16-19-10-4-1-5-11-19)17-20-12-6-2-7-13-20/h1-2,4-7,10-13H,3,8-9,14-18H2,(H,25,30). The normalized spacial score (nSPS) is 17.8. The minimum absolute atomic E-state index is 0.230. The van der Waals surface area contributed by atoms with Gasteiger partial charge in [0.2, 0.25) is 5.91 Å². The topological polar surface area (TPSA) is 69.7 Å². The van der Waals surface area contributed by atoms with Crippen LogP contribution in [-0.2, 0) is 22.7 Å².